The van der Waals surface area contributed by atoms with E-state index in [1.807, 2.05) is 0 Å². The molecule has 0 amide bonds. The number of nitrogens with two attached hydrogens (primary N) is 1. The summed E-state index contributed by atoms with van der Waals surface area (Å²) in [6.45, 7) is 13.6. The van der Waals surface area contributed by atoms with Crippen molar-refractivity contribution in [2.75, 3.05) is 0 Å². The highest BCUT2D eigenvalue weighted by Crippen LogP contribution is 2.37. The fourth-order valence-corrected chi connectivity index (χ4v) is 1.65. The first-order chi connectivity index (χ1) is 5.34. The predicted octanol–water partition coefficient (Wildman–Crippen LogP) is 3.04. The Kier molecular flexibility index (Phi) is 4.25. The van der Waals surface area contributed by atoms with E-state index >= 15 is 0 Å². The van der Waals surface area contributed by atoms with Crippen LogP contribution in [0.25, 0.3) is 0 Å². The normalized spacial score (nSPS) is 20.2. The SMILES string of the molecule is CCC(C)C(C)(C)C(C)C(C)N. The highest BCUT2D eigenvalue weighted by molar-refractivity contribution is 4.84. The van der Waals surface area contributed by atoms with Crippen molar-refractivity contribution >= 4 is 0 Å². The van der Waals surface area contributed by atoms with Crippen LogP contribution in [0.3, 0.4) is 0 Å². The van der Waals surface area contributed by atoms with E-state index < -0.39 is 0 Å². The van der Waals surface area contributed by atoms with E-state index in [-0.39, 0.29) is 0 Å². The maximum atomic E-state index is 5.91. The van der Waals surface area contributed by atoms with Crippen LogP contribution >= 0.6 is 0 Å². The average Bonchev–Trinajstić information content (AvgIpc) is 2.01. The monoisotopic (exact) mass is 171 g/mol. The van der Waals surface area contributed by atoms with Gasteiger partial charge in [0.2, 0.25) is 0 Å². The number of hydrogen-bond acceptors (Lipinski definition) is 1. The summed E-state index contributed by atoms with van der Waals surface area (Å²) >= 11 is 0. The van der Waals surface area contributed by atoms with Gasteiger partial charge in [-0.1, -0.05) is 41.0 Å². The van der Waals surface area contributed by atoms with Gasteiger partial charge in [-0.2, -0.15) is 0 Å². The standard InChI is InChI=1S/C11H25N/c1-7-8(2)11(5,6)9(3)10(4)12/h8-10H,7,12H2,1-6H3. The molecule has 0 rings (SSSR count). The van der Waals surface area contributed by atoms with Gasteiger partial charge in [0, 0.05) is 6.04 Å². The summed E-state index contributed by atoms with van der Waals surface area (Å²) in [5.74, 6) is 1.34. The van der Waals surface area contributed by atoms with Gasteiger partial charge in [-0.05, 0) is 24.2 Å². The molecule has 1 heteroatoms. The first-order valence-electron chi connectivity index (χ1n) is 5.09. The van der Waals surface area contributed by atoms with Crippen LogP contribution in [-0.4, -0.2) is 6.04 Å². The van der Waals surface area contributed by atoms with E-state index in [9.17, 15) is 0 Å². The molecule has 0 aliphatic carbocycles. The van der Waals surface area contributed by atoms with Crippen LogP contribution in [0.1, 0.15) is 48.0 Å². The van der Waals surface area contributed by atoms with Crippen LogP contribution in [0, 0.1) is 17.3 Å². The molecular formula is C11H25N. The van der Waals surface area contributed by atoms with Crippen LogP contribution in [0.2, 0.25) is 0 Å². The summed E-state index contributed by atoms with van der Waals surface area (Å²) in [6, 6.07) is 0.300. The Morgan fingerprint density at radius 2 is 1.58 bits per heavy atom. The summed E-state index contributed by atoms with van der Waals surface area (Å²) in [7, 11) is 0. The fourth-order valence-electron chi connectivity index (χ4n) is 1.65. The van der Waals surface area contributed by atoms with Gasteiger partial charge in [-0.15, -0.1) is 0 Å². The molecule has 0 fully saturated rings. The maximum Gasteiger partial charge on any atom is 0.00413 e. The quantitative estimate of drug-likeness (QED) is 0.691. The van der Waals surface area contributed by atoms with Gasteiger partial charge < -0.3 is 5.73 Å². The minimum atomic E-state index is 0.300. The summed E-state index contributed by atoms with van der Waals surface area (Å²) in [5.41, 5.74) is 6.28. The molecule has 3 unspecified atom stereocenters. The molecule has 1 nitrogen and oxygen atoms in total. The van der Waals surface area contributed by atoms with Gasteiger partial charge in [0.25, 0.3) is 0 Å². The zero-order valence-corrected chi connectivity index (χ0v) is 9.52. The molecule has 0 aromatic heterocycles. The largest absolute Gasteiger partial charge is 0.328 e. The minimum Gasteiger partial charge on any atom is -0.328 e. The second-order valence-corrected chi connectivity index (χ2v) is 4.78. The van der Waals surface area contributed by atoms with E-state index in [0.717, 1.165) is 5.92 Å². The van der Waals surface area contributed by atoms with Crippen molar-refractivity contribution in [1.82, 2.24) is 0 Å². The molecule has 0 saturated heterocycles. The molecule has 0 aliphatic heterocycles. The van der Waals surface area contributed by atoms with Gasteiger partial charge in [0.1, 0.15) is 0 Å². The lowest BCUT2D eigenvalue weighted by Gasteiger charge is -2.39. The van der Waals surface area contributed by atoms with E-state index in [1.54, 1.807) is 0 Å². The summed E-state index contributed by atoms with van der Waals surface area (Å²) < 4.78 is 0. The molecule has 0 aromatic carbocycles. The second kappa shape index (κ2) is 4.27. The van der Waals surface area contributed by atoms with E-state index in [4.69, 9.17) is 5.73 Å². The van der Waals surface area contributed by atoms with Gasteiger partial charge >= 0.3 is 0 Å². The highest BCUT2D eigenvalue weighted by atomic mass is 14.6. The Balaban J connectivity index is 4.37. The molecular weight excluding hydrogens is 146 g/mol. The molecule has 0 spiro atoms. The zero-order chi connectivity index (χ0) is 9.94. The zero-order valence-electron chi connectivity index (χ0n) is 9.52. The molecule has 0 saturated carbocycles. The molecule has 0 heterocycles. The van der Waals surface area contributed by atoms with Crippen molar-refractivity contribution in [3.05, 3.63) is 0 Å². The number of rotatable bonds is 4. The van der Waals surface area contributed by atoms with Crippen LogP contribution in [-0.2, 0) is 0 Å². The number of hydrogen-bond donors (Lipinski definition) is 1. The summed E-state index contributed by atoms with van der Waals surface area (Å²) in [5, 5.41) is 0. The lowest BCUT2D eigenvalue weighted by Crippen LogP contribution is -2.39. The first-order valence-corrected chi connectivity index (χ1v) is 5.09. The van der Waals surface area contributed by atoms with E-state index in [1.165, 1.54) is 6.42 Å². The van der Waals surface area contributed by atoms with Crippen LogP contribution in [0.15, 0.2) is 0 Å². The van der Waals surface area contributed by atoms with Crippen LogP contribution < -0.4 is 5.73 Å². The van der Waals surface area contributed by atoms with Crippen LogP contribution in [0.4, 0.5) is 0 Å². The average molecular weight is 171 g/mol. The molecule has 3 atom stereocenters. The van der Waals surface area contributed by atoms with Gasteiger partial charge in [-0.25, -0.2) is 0 Å². The second-order valence-electron chi connectivity index (χ2n) is 4.78. The van der Waals surface area contributed by atoms with Crippen LogP contribution in [0.5, 0.6) is 0 Å². The van der Waals surface area contributed by atoms with Gasteiger partial charge in [-0.3, -0.25) is 0 Å². The Labute approximate surface area is 77.7 Å². The highest BCUT2D eigenvalue weighted by Gasteiger charge is 2.32. The molecule has 0 bridgehead atoms. The maximum absolute atomic E-state index is 5.91. The summed E-state index contributed by atoms with van der Waals surface area (Å²) in [6.07, 6.45) is 1.24. The smallest absolute Gasteiger partial charge is 0.00413 e. The fraction of sp³-hybridized carbons (Fsp3) is 1.00. The van der Waals surface area contributed by atoms with E-state index in [0.29, 0.717) is 17.4 Å². The summed E-state index contributed by atoms with van der Waals surface area (Å²) in [4.78, 5) is 0. The Morgan fingerprint density at radius 1 is 1.17 bits per heavy atom. The third-order valence-corrected chi connectivity index (χ3v) is 3.84. The third-order valence-electron chi connectivity index (χ3n) is 3.84. The predicted molar refractivity (Wildman–Crippen MR) is 56.0 cm³/mol. The van der Waals surface area contributed by atoms with Crippen molar-refractivity contribution in [2.24, 2.45) is 23.0 Å². The molecule has 74 valence electrons. The van der Waals surface area contributed by atoms with Crippen molar-refractivity contribution in [2.45, 2.75) is 54.0 Å². The van der Waals surface area contributed by atoms with Crippen molar-refractivity contribution in [1.29, 1.82) is 0 Å². The molecule has 2 N–H and O–H groups in total. The van der Waals surface area contributed by atoms with Crippen molar-refractivity contribution in [3.63, 3.8) is 0 Å². The minimum absolute atomic E-state index is 0.300. The third kappa shape index (κ3) is 2.48. The lowest BCUT2D eigenvalue weighted by molar-refractivity contribution is 0.118. The Hall–Kier alpha value is -0.0400. The Morgan fingerprint density at radius 3 is 1.83 bits per heavy atom. The first kappa shape index (κ1) is 12.0. The van der Waals surface area contributed by atoms with Crippen molar-refractivity contribution < 1.29 is 0 Å². The molecule has 0 aromatic rings. The molecule has 12 heavy (non-hydrogen) atoms. The van der Waals surface area contributed by atoms with Gasteiger partial charge in [0.15, 0.2) is 0 Å². The topological polar surface area (TPSA) is 26.0 Å². The molecule has 0 aliphatic rings. The van der Waals surface area contributed by atoms with E-state index in [2.05, 4.69) is 41.5 Å². The lowest BCUT2D eigenvalue weighted by atomic mass is 9.67. The van der Waals surface area contributed by atoms with Crippen molar-refractivity contribution in [3.8, 4) is 0 Å². The van der Waals surface area contributed by atoms with Gasteiger partial charge in [0.05, 0.1) is 0 Å². The molecule has 0 radical (unpaired) electrons. The Bertz CT molecular complexity index is 127.